The molecule has 0 aliphatic heterocycles. The highest BCUT2D eigenvalue weighted by Gasteiger charge is 2.21. The van der Waals surface area contributed by atoms with Crippen LogP contribution in [-0.4, -0.2) is 25.0 Å². The fourth-order valence-corrected chi connectivity index (χ4v) is 3.07. The molecule has 2 nitrogen and oxygen atoms in total. The largest absolute Gasteiger partial charge is 0.330 e. The molecule has 1 aliphatic rings. The third kappa shape index (κ3) is 4.29. The number of benzene rings is 1. The van der Waals surface area contributed by atoms with Gasteiger partial charge in [-0.15, -0.1) is 0 Å². The SMILES string of the molecule is CN(Cc1ccccc1F)CC1CCC(CN)CC1. The minimum Gasteiger partial charge on any atom is -0.330 e. The monoisotopic (exact) mass is 264 g/mol. The van der Waals surface area contributed by atoms with Crippen LogP contribution in [0.2, 0.25) is 0 Å². The Hall–Kier alpha value is -0.930. The third-order valence-electron chi connectivity index (χ3n) is 4.27. The first kappa shape index (κ1) is 14.5. The lowest BCUT2D eigenvalue weighted by atomic mass is 9.82. The molecule has 1 fully saturated rings. The molecule has 1 saturated carbocycles. The van der Waals surface area contributed by atoms with Gasteiger partial charge in [0.2, 0.25) is 0 Å². The van der Waals surface area contributed by atoms with Gasteiger partial charge in [0.05, 0.1) is 0 Å². The van der Waals surface area contributed by atoms with Gasteiger partial charge in [-0.2, -0.15) is 0 Å². The molecule has 0 aromatic heterocycles. The smallest absolute Gasteiger partial charge is 0.127 e. The van der Waals surface area contributed by atoms with Crippen LogP contribution in [0, 0.1) is 17.7 Å². The average Bonchev–Trinajstić information content (AvgIpc) is 2.42. The van der Waals surface area contributed by atoms with Gasteiger partial charge in [-0.3, -0.25) is 0 Å². The Morgan fingerprint density at radius 2 is 1.79 bits per heavy atom. The van der Waals surface area contributed by atoms with E-state index in [4.69, 9.17) is 5.73 Å². The van der Waals surface area contributed by atoms with Crippen LogP contribution in [0.25, 0.3) is 0 Å². The standard InChI is InChI=1S/C16H25FN2/c1-19(12-15-4-2-3-5-16(15)17)11-14-8-6-13(10-18)7-9-14/h2-5,13-14H,6-12,18H2,1H3. The molecule has 19 heavy (non-hydrogen) atoms. The average molecular weight is 264 g/mol. The third-order valence-corrected chi connectivity index (χ3v) is 4.27. The number of rotatable bonds is 5. The summed E-state index contributed by atoms with van der Waals surface area (Å²) in [6.45, 7) is 2.59. The van der Waals surface area contributed by atoms with Crippen LogP contribution in [0.15, 0.2) is 24.3 Å². The summed E-state index contributed by atoms with van der Waals surface area (Å²) in [4.78, 5) is 2.24. The Balaban J connectivity index is 1.79. The Kier molecular flexibility index (Phi) is 5.34. The summed E-state index contributed by atoms with van der Waals surface area (Å²) in [7, 11) is 2.08. The van der Waals surface area contributed by atoms with Crippen molar-refractivity contribution >= 4 is 0 Å². The van der Waals surface area contributed by atoms with E-state index in [0.717, 1.165) is 30.5 Å². The van der Waals surface area contributed by atoms with Crippen molar-refractivity contribution in [1.82, 2.24) is 4.90 Å². The van der Waals surface area contributed by atoms with Gasteiger partial charge in [0.1, 0.15) is 5.82 Å². The summed E-state index contributed by atoms with van der Waals surface area (Å²) < 4.78 is 13.6. The first-order chi connectivity index (χ1) is 9.19. The van der Waals surface area contributed by atoms with E-state index >= 15 is 0 Å². The van der Waals surface area contributed by atoms with E-state index in [1.165, 1.54) is 31.7 Å². The van der Waals surface area contributed by atoms with Crippen molar-refractivity contribution in [3.8, 4) is 0 Å². The zero-order valence-electron chi connectivity index (χ0n) is 11.8. The van der Waals surface area contributed by atoms with E-state index in [0.29, 0.717) is 6.54 Å². The molecule has 106 valence electrons. The normalized spacial score (nSPS) is 23.8. The van der Waals surface area contributed by atoms with Gasteiger partial charge >= 0.3 is 0 Å². The highest BCUT2D eigenvalue weighted by Crippen LogP contribution is 2.28. The van der Waals surface area contributed by atoms with Gasteiger partial charge in [0.15, 0.2) is 0 Å². The second kappa shape index (κ2) is 7.01. The molecular formula is C16H25FN2. The van der Waals surface area contributed by atoms with E-state index in [9.17, 15) is 4.39 Å². The Morgan fingerprint density at radius 1 is 1.16 bits per heavy atom. The summed E-state index contributed by atoms with van der Waals surface area (Å²) in [5, 5.41) is 0. The first-order valence-corrected chi connectivity index (χ1v) is 7.31. The summed E-state index contributed by atoms with van der Waals surface area (Å²) in [6.07, 6.45) is 5.05. The van der Waals surface area contributed by atoms with Crippen LogP contribution in [0.3, 0.4) is 0 Å². The molecule has 0 bridgehead atoms. The van der Waals surface area contributed by atoms with E-state index < -0.39 is 0 Å². The fraction of sp³-hybridized carbons (Fsp3) is 0.625. The maximum atomic E-state index is 13.6. The number of nitrogens with two attached hydrogens (primary N) is 1. The molecule has 1 aliphatic carbocycles. The van der Waals surface area contributed by atoms with Gasteiger partial charge in [-0.05, 0) is 57.2 Å². The molecule has 2 N–H and O–H groups in total. The fourth-order valence-electron chi connectivity index (χ4n) is 3.07. The second-order valence-electron chi connectivity index (χ2n) is 5.91. The van der Waals surface area contributed by atoms with Crippen molar-refractivity contribution in [1.29, 1.82) is 0 Å². The molecule has 0 heterocycles. The maximum absolute atomic E-state index is 13.6. The number of nitrogens with zero attached hydrogens (tertiary/aromatic N) is 1. The summed E-state index contributed by atoms with van der Waals surface area (Å²) in [6, 6.07) is 7.05. The molecule has 1 aromatic carbocycles. The maximum Gasteiger partial charge on any atom is 0.127 e. The Bertz CT molecular complexity index is 386. The van der Waals surface area contributed by atoms with Crippen molar-refractivity contribution in [3.63, 3.8) is 0 Å². The predicted octanol–water partition coefficient (Wildman–Crippen LogP) is 3.02. The highest BCUT2D eigenvalue weighted by molar-refractivity contribution is 5.16. The molecule has 1 aromatic rings. The van der Waals surface area contributed by atoms with Gasteiger partial charge in [0.25, 0.3) is 0 Å². The van der Waals surface area contributed by atoms with E-state index in [2.05, 4.69) is 11.9 Å². The minimum atomic E-state index is -0.0961. The lowest BCUT2D eigenvalue weighted by molar-refractivity contribution is 0.200. The molecular weight excluding hydrogens is 239 g/mol. The van der Waals surface area contributed by atoms with Crippen molar-refractivity contribution in [2.75, 3.05) is 20.1 Å². The highest BCUT2D eigenvalue weighted by atomic mass is 19.1. The predicted molar refractivity (Wildman–Crippen MR) is 77.2 cm³/mol. The van der Waals surface area contributed by atoms with Gasteiger partial charge < -0.3 is 10.6 Å². The molecule has 0 spiro atoms. The van der Waals surface area contributed by atoms with Crippen LogP contribution < -0.4 is 5.73 Å². The van der Waals surface area contributed by atoms with Crippen molar-refractivity contribution in [3.05, 3.63) is 35.6 Å². The van der Waals surface area contributed by atoms with Crippen LogP contribution in [0.4, 0.5) is 4.39 Å². The Morgan fingerprint density at radius 3 is 2.42 bits per heavy atom. The van der Waals surface area contributed by atoms with Crippen molar-refractivity contribution in [2.45, 2.75) is 32.2 Å². The summed E-state index contributed by atoms with van der Waals surface area (Å²) in [5.74, 6) is 1.38. The molecule has 2 rings (SSSR count). The molecule has 0 saturated heterocycles. The van der Waals surface area contributed by atoms with Crippen LogP contribution in [0.5, 0.6) is 0 Å². The zero-order valence-corrected chi connectivity index (χ0v) is 11.8. The first-order valence-electron chi connectivity index (χ1n) is 7.31. The van der Waals surface area contributed by atoms with Gasteiger partial charge in [0, 0.05) is 18.7 Å². The lowest BCUT2D eigenvalue weighted by Crippen LogP contribution is -2.30. The van der Waals surface area contributed by atoms with E-state index in [1.54, 1.807) is 6.07 Å². The number of halogens is 1. The van der Waals surface area contributed by atoms with E-state index in [1.807, 2.05) is 12.1 Å². The van der Waals surface area contributed by atoms with Crippen LogP contribution >= 0.6 is 0 Å². The molecule has 0 atom stereocenters. The molecule has 0 unspecified atom stereocenters. The molecule has 3 heteroatoms. The topological polar surface area (TPSA) is 29.3 Å². The molecule has 0 radical (unpaired) electrons. The van der Waals surface area contributed by atoms with Crippen LogP contribution in [-0.2, 0) is 6.54 Å². The second-order valence-corrected chi connectivity index (χ2v) is 5.91. The molecule has 0 amide bonds. The number of hydrogen-bond acceptors (Lipinski definition) is 2. The van der Waals surface area contributed by atoms with Gasteiger partial charge in [-0.25, -0.2) is 4.39 Å². The quantitative estimate of drug-likeness (QED) is 0.885. The lowest BCUT2D eigenvalue weighted by Gasteiger charge is -2.30. The number of hydrogen-bond donors (Lipinski definition) is 1. The summed E-state index contributed by atoms with van der Waals surface area (Å²) >= 11 is 0. The van der Waals surface area contributed by atoms with E-state index in [-0.39, 0.29) is 5.82 Å². The minimum absolute atomic E-state index is 0.0961. The van der Waals surface area contributed by atoms with Crippen LogP contribution in [0.1, 0.15) is 31.2 Å². The Labute approximate surface area is 115 Å². The summed E-state index contributed by atoms with van der Waals surface area (Å²) in [5.41, 5.74) is 6.51. The van der Waals surface area contributed by atoms with Gasteiger partial charge in [-0.1, -0.05) is 18.2 Å². The van der Waals surface area contributed by atoms with Crippen molar-refractivity contribution in [2.24, 2.45) is 17.6 Å². The zero-order chi connectivity index (χ0) is 13.7. The van der Waals surface area contributed by atoms with Crippen molar-refractivity contribution < 1.29 is 4.39 Å².